The Morgan fingerprint density at radius 2 is 1.92 bits per heavy atom. The van der Waals surface area contributed by atoms with Crippen LogP contribution in [0.15, 0.2) is 9.52 Å². The van der Waals surface area contributed by atoms with Gasteiger partial charge in [-0.3, -0.25) is 9.89 Å². The van der Waals surface area contributed by atoms with Gasteiger partial charge in [-0.15, -0.1) is 24.0 Å². The molecule has 24 heavy (non-hydrogen) atoms. The van der Waals surface area contributed by atoms with Crippen LogP contribution in [0.1, 0.15) is 51.6 Å². The van der Waals surface area contributed by atoms with Crippen molar-refractivity contribution < 1.29 is 4.52 Å². The lowest BCUT2D eigenvalue weighted by molar-refractivity contribution is 0.237. The van der Waals surface area contributed by atoms with Crippen molar-refractivity contribution in [2.45, 2.75) is 60.0 Å². The van der Waals surface area contributed by atoms with Gasteiger partial charge in [0.05, 0.1) is 5.69 Å². The Kier molecular flexibility index (Phi) is 12.1. The summed E-state index contributed by atoms with van der Waals surface area (Å²) in [5.74, 6) is 1.77. The molecule has 0 atom stereocenters. The molecule has 0 fully saturated rings. The highest BCUT2D eigenvalue weighted by Gasteiger charge is 2.13. The van der Waals surface area contributed by atoms with Crippen molar-refractivity contribution in [3.05, 3.63) is 17.0 Å². The second-order valence-electron chi connectivity index (χ2n) is 5.81. The van der Waals surface area contributed by atoms with Crippen molar-refractivity contribution in [2.75, 3.05) is 26.7 Å². The van der Waals surface area contributed by atoms with Gasteiger partial charge in [0.1, 0.15) is 5.76 Å². The molecule has 0 aromatic carbocycles. The molecule has 0 aliphatic heterocycles. The second-order valence-corrected chi connectivity index (χ2v) is 5.81. The molecule has 0 radical (unpaired) electrons. The third-order valence-corrected chi connectivity index (χ3v) is 4.09. The molecule has 0 aliphatic rings. The molecular formula is C17H34IN5O. The van der Waals surface area contributed by atoms with Crippen molar-refractivity contribution in [1.82, 2.24) is 20.7 Å². The lowest BCUT2D eigenvalue weighted by Gasteiger charge is -2.25. The van der Waals surface area contributed by atoms with Gasteiger partial charge in [0, 0.05) is 44.7 Å². The third-order valence-electron chi connectivity index (χ3n) is 4.09. The maximum Gasteiger partial charge on any atom is 0.191 e. The van der Waals surface area contributed by atoms with Gasteiger partial charge < -0.3 is 15.2 Å². The summed E-state index contributed by atoms with van der Waals surface area (Å²) in [6.07, 6.45) is 1.74. The molecule has 1 rings (SSSR count). The maximum absolute atomic E-state index is 5.40. The van der Waals surface area contributed by atoms with Gasteiger partial charge in [-0.2, -0.15) is 0 Å². The van der Waals surface area contributed by atoms with Crippen molar-refractivity contribution in [2.24, 2.45) is 4.99 Å². The topological polar surface area (TPSA) is 65.7 Å². The molecule has 1 aromatic rings. The van der Waals surface area contributed by atoms with Crippen molar-refractivity contribution in [3.8, 4) is 0 Å². The number of nitrogens with one attached hydrogen (secondary N) is 2. The summed E-state index contributed by atoms with van der Waals surface area (Å²) in [4.78, 5) is 6.71. The van der Waals surface area contributed by atoms with Crippen LogP contribution in [-0.4, -0.2) is 48.7 Å². The standard InChI is InChI=1S/C17H33N5O.HI/c1-7-15-14(16(8-2)23-21-15)12-20-17(18-6)19-10-11-22(9-3)13(4)5;/h13H,7-12H2,1-6H3,(H2,18,19,20);1H. The van der Waals surface area contributed by atoms with Crippen LogP contribution in [0.2, 0.25) is 0 Å². The summed E-state index contributed by atoms with van der Waals surface area (Å²) < 4.78 is 5.40. The zero-order valence-corrected chi connectivity index (χ0v) is 18.3. The molecule has 0 saturated carbocycles. The molecule has 0 saturated heterocycles. The average Bonchev–Trinajstić information content (AvgIpc) is 2.95. The number of likely N-dealkylation sites (N-methyl/N-ethyl adjacent to an activating group) is 1. The molecule has 1 aromatic heterocycles. The van der Waals surface area contributed by atoms with Crippen LogP contribution < -0.4 is 10.6 Å². The Balaban J connectivity index is 0.00000529. The van der Waals surface area contributed by atoms with E-state index in [9.17, 15) is 0 Å². The molecular weight excluding hydrogens is 417 g/mol. The van der Waals surface area contributed by atoms with E-state index in [1.807, 2.05) is 0 Å². The molecule has 0 spiro atoms. The molecule has 1 heterocycles. The van der Waals surface area contributed by atoms with E-state index in [1.54, 1.807) is 7.05 Å². The predicted octanol–water partition coefficient (Wildman–Crippen LogP) is 2.81. The van der Waals surface area contributed by atoms with E-state index in [-0.39, 0.29) is 24.0 Å². The predicted molar refractivity (Wildman–Crippen MR) is 111 cm³/mol. The number of halogens is 1. The largest absolute Gasteiger partial charge is 0.361 e. The zero-order chi connectivity index (χ0) is 17.2. The van der Waals surface area contributed by atoms with Gasteiger partial charge >= 0.3 is 0 Å². The Bertz CT molecular complexity index is 466. The Hall–Kier alpha value is -0.830. The van der Waals surface area contributed by atoms with E-state index in [2.05, 4.69) is 60.3 Å². The van der Waals surface area contributed by atoms with Crippen LogP contribution >= 0.6 is 24.0 Å². The lowest BCUT2D eigenvalue weighted by Crippen LogP contribution is -2.43. The molecule has 0 amide bonds. The monoisotopic (exact) mass is 451 g/mol. The van der Waals surface area contributed by atoms with Crippen LogP contribution in [0, 0.1) is 0 Å². The number of nitrogens with zero attached hydrogens (tertiary/aromatic N) is 3. The van der Waals surface area contributed by atoms with Gasteiger partial charge in [-0.1, -0.05) is 25.9 Å². The van der Waals surface area contributed by atoms with Crippen molar-refractivity contribution >= 4 is 29.9 Å². The van der Waals surface area contributed by atoms with Crippen molar-refractivity contribution in [3.63, 3.8) is 0 Å². The van der Waals surface area contributed by atoms with Gasteiger partial charge in [-0.05, 0) is 26.8 Å². The summed E-state index contributed by atoms with van der Waals surface area (Å²) >= 11 is 0. The molecule has 0 unspecified atom stereocenters. The number of hydrogen-bond acceptors (Lipinski definition) is 4. The SMILES string of the molecule is CCc1noc(CC)c1CNC(=NC)NCCN(CC)C(C)C.I. The van der Waals surface area contributed by atoms with Gasteiger partial charge in [-0.25, -0.2) is 0 Å². The lowest BCUT2D eigenvalue weighted by atomic mass is 10.1. The summed E-state index contributed by atoms with van der Waals surface area (Å²) in [6, 6.07) is 0.563. The fourth-order valence-electron chi connectivity index (χ4n) is 2.63. The van der Waals surface area contributed by atoms with Crippen LogP contribution in [-0.2, 0) is 19.4 Å². The molecule has 0 aliphatic carbocycles. The van der Waals surface area contributed by atoms with Gasteiger partial charge in [0.2, 0.25) is 0 Å². The van der Waals surface area contributed by atoms with Crippen LogP contribution in [0.4, 0.5) is 0 Å². The quantitative estimate of drug-likeness (QED) is 0.344. The molecule has 6 nitrogen and oxygen atoms in total. The highest BCUT2D eigenvalue weighted by Crippen LogP contribution is 2.15. The smallest absolute Gasteiger partial charge is 0.191 e. The van der Waals surface area contributed by atoms with E-state index >= 15 is 0 Å². The van der Waals surface area contributed by atoms with E-state index in [1.165, 1.54) is 0 Å². The first-order valence-corrected chi connectivity index (χ1v) is 8.72. The van der Waals surface area contributed by atoms with E-state index in [0.29, 0.717) is 12.6 Å². The first-order chi connectivity index (χ1) is 11.1. The Labute approximate surface area is 163 Å². The normalized spacial score (nSPS) is 11.8. The number of aryl methyl sites for hydroxylation is 2. The maximum atomic E-state index is 5.40. The minimum absolute atomic E-state index is 0. The third kappa shape index (κ3) is 6.96. The first-order valence-electron chi connectivity index (χ1n) is 8.72. The minimum atomic E-state index is 0. The fraction of sp³-hybridized carbons (Fsp3) is 0.765. The Morgan fingerprint density at radius 1 is 1.21 bits per heavy atom. The molecule has 2 N–H and O–H groups in total. The number of guanidine groups is 1. The van der Waals surface area contributed by atoms with Crippen LogP contribution in [0.5, 0.6) is 0 Å². The minimum Gasteiger partial charge on any atom is -0.361 e. The summed E-state index contributed by atoms with van der Waals surface area (Å²) in [5.41, 5.74) is 2.19. The molecule has 140 valence electrons. The van der Waals surface area contributed by atoms with Crippen molar-refractivity contribution in [1.29, 1.82) is 0 Å². The number of aromatic nitrogens is 1. The molecule has 0 bridgehead atoms. The van der Waals surface area contributed by atoms with Crippen LogP contribution in [0.3, 0.4) is 0 Å². The average molecular weight is 451 g/mol. The van der Waals surface area contributed by atoms with Crippen LogP contribution in [0.25, 0.3) is 0 Å². The zero-order valence-electron chi connectivity index (χ0n) is 16.0. The summed E-state index contributed by atoms with van der Waals surface area (Å²) in [6.45, 7) is 14.4. The summed E-state index contributed by atoms with van der Waals surface area (Å²) in [7, 11) is 1.80. The number of hydrogen-bond donors (Lipinski definition) is 2. The summed E-state index contributed by atoms with van der Waals surface area (Å²) in [5, 5.41) is 10.9. The second kappa shape index (κ2) is 12.5. The Morgan fingerprint density at radius 3 is 2.42 bits per heavy atom. The van der Waals surface area contributed by atoms with E-state index < -0.39 is 0 Å². The number of aliphatic imine (C=N–C) groups is 1. The fourth-order valence-corrected chi connectivity index (χ4v) is 2.63. The van der Waals surface area contributed by atoms with E-state index in [0.717, 1.165) is 55.5 Å². The van der Waals surface area contributed by atoms with Gasteiger partial charge in [0.25, 0.3) is 0 Å². The highest BCUT2D eigenvalue weighted by molar-refractivity contribution is 14.0. The highest BCUT2D eigenvalue weighted by atomic mass is 127. The number of rotatable bonds is 9. The van der Waals surface area contributed by atoms with E-state index in [4.69, 9.17) is 4.52 Å². The molecule has 7 heteroatoms. The van der Waals surface area contributed by atoms with Gasteiger partial charge in [0.15, 0.2) is 5.96 Å². The first kappa shape index (κ1) is 23.2.